The number of ether oxygens (including phenoxy) is 9. The summed E-state index contributed by atoms with van der Waals surface area (Å²) in [5.74, 6) is -4.53. The van der Waals surface area contributed by atoms with Crippen molar-refractivity contribution in [3.63, 3.8) is 0 Å². The number of hydrogen-bond donors (Lipinski definition) is 19. The zero-order valence-electron chi connectivity index (χ0n) is 65.5. The fourth-order valence-corrected chi connectivity index (χ4v) is 13.1. The van der Waals surface area contributed by atoms with Gasteiger partial charge in [0, 0.05) is 137 Å². The molecule has 38 nitrogen and oxygen atoms in total. The lowest BCUT2D eigenvalue weighted by molar-refractivity contribution is -0.270. The van der Waals surface area contributed by atoms with Crippen molar-refractivity contribution >= 4 is 59.1 Å². The Hall–Kier alpha value is -6.02. The highest BCUT2D eigenvalue weighted by Crippen LogP contribution is 2.32. The van der Waals surface area contributed by atoms with E-state index in [-0.39, 0.29) is 198 Å². The Morgan fingerprint density at radius 2 is 0.739 bits per heavy atom. The second-order valence-corrected chi connectivity index (χ2v) is 29.8. The van der Waals surface area contributed by atoms with Crippen LogP contribution < -0.4 is 53.2 Å². The number of aliphatic hydroxyl groups excluding tert-OH is 9. The monoisotopic (exact) mass is 1590 g/mol. The molecule has 0 aromatic carbocycles. The minimum absolute atomic E-state index is 0.0510. The van der Waals surface area contributed by atoms with Crippen molar-refractivity contribution < 1.29 is 137 Å². The molecule has 2 aliphatic carbocycles. The third-order valence-electron chi connectivity index (χ3n) is 19.0. The number of amides is 10. The van der Waals surface area contributed by atoms with Gasteiger partial charge in [-0.25, -0.2) is 0 Å². The third kappa shape index (κ3) is 38.3. The topological polar surface area (TPSA) is 556 Å². The molecule has 2 aliphatic heterocycles. The molecule has 0 radical (unpaired) electrons. The minimum atomic E-state index is -1.46. The molecule has 0 bridgehead atoms. The molecule has 0 aromatic rings. The molecule has 2 heterocycles. The fourth-order valence-electron chi connectivity index (χ4n) is 13.1. The Morgan fingerprint density at radius 3 is 1.08 bits per heavy atom. The number of aliphatic hydroxyl groups is 9. The molecule has 111 heavy (non-hydrogen) atoms. The molecular formula is C73H130N10O28. The highest BCUT2D eigenvalue weighted by atomic mass is 16.7. The first-order valence-electron chi connectivity index (χ1n) is 39.1. The lowest BCUT2D eigenvalue weighted by Gasteiger charge is -2.42. The lowest BCUT2D eigenvalue weighted by Crippen LogP contribution is -2.64. The second-order valence-electron chi connectivity index (χ2n) is 29.8. The standard InChI is InChI=1S/C73H130N10O28/c1-45(87)80-60-51(38-49(39-84)63(96)66(60)99)106-32-10-7-16-54(90)74-26-13-29-77-57(93)23-35-103-42-73(83-69(102)48-19-21-50(22-20-48)111-72(4,5)6,43-104-36-24-58(94)78-30-14-27-75-55(91)17-8-11-33-107-70-61(81-46(2)88)67(100)64(97)52(40-85)109-70)44-105-37-25-59(95)79-31-15-28-76-56(92)18-9-12-34-108-71-62(82-47(3)89)68(101)65(98)53(41-86)110-71/h48-53,60-68,70-71,84-86,96-101H,7-44H2,1-6H3,(H,74,90)(H,75,91)(H,76,92)(H,77,93)(H,78,94)(H,79,95)(H,80,87)(H,81,88)(H,82,89)(H,83,102). The van der Waals surface area contributed by atoms with Crippen LogP contribution in [-0.4, -0.2) is 326 Å². The van der Waals surface area contributed by atoms with Gasteiger partial charge in [-0.1, -0.05) is 0 Å². The Balaban J connectivity index is 1.27. The minimum Gasteiger partial charge on any atom is -0.396 e. The molecule has 2 saturated heterocycles. The highest BCUT2D eigenvalue weighted by molar-refractivity contribution is 5.80. The maximum atomic E-state index is 14.4. The van der Waals surface area contributed by atoms with Crippen molar-refractivity contribution in [1.29, 1.82) is 0 Å². The Bertz CT molecular complexity index is 2530. The number of unbranched alkanes of at least 4 members (excludes halogenated alkanes) is 3. The van der Waals surface area contributed by atoms with E-state index in [0.717, 1.165) is 0 Å². The predicted molar refractivity (Wildman–Crippen MR) is 394 cm³/mol. The average molecular weight is 1600 g/mol. The van der Waals surface area contributed by atoms with Crippen LogP contribution in [0.15, 0.2) is 0 Å². The first kappa shape index (κ1) is 97.3. The van der Waals surface area contributed by atoms with Crippen LogP contribution in [0.1, 0.15) is 170 Å². The van der Waals surface area contributed by atoms with Crippen molar-refractivity contribution in [2.24, 2.45) is 11.8 Å². The van der Waals surface area contributed by atoms with Gasteiger partial charge in [-0.2, -0.15) is 0 Å². The van der Waals surface area contributed by atoms with Gasteiger partial charge in [-0.3, -0.25) is 47.9 Å². The molecule has 4 fully saturated rings. The number of carbonyl (C=O) groups excluding carboxylic acids is 10. The normalized spacial score (nSPS) is 26.6. The Morgan fingerprint density at radius 1 is 0.396 bits per heavy atom. The van der Waals surface area contributed by atoms with E-state index in [1.54, 1.807) is 0 Å². The first-order chi connectivity index (χ1) is 52.9. The zero-order chi connectivity index (χ0) is 81.9. The van der Waals surface area contributed by atoms with Crippen molar-refractivity contribution in [3.05, 3.63) is 0 Å². The molecule has 15 unspecified atom stereocenters. The van der Waals surface area contributed by atoms with Gasteiger partial charge in [0.05, 0.1) is 82.8 Å². The van der Waals surface area contributed by atoms with Gasteiger partial charge >= 0.3 is 0 Å². The van der Waals surface area contributed by atoms with Crippen LogP contribution in [0, 0.1) is 11.8 Å². The van der Waals surface area contributed by atoms with Gasteiger partial charge in [0.25, 0.3) is 0 Å². The van der Waals surface area contributed by atoms with Gasteiger partial charge in [0.1, 0.15) is 60.4 Å². The van der Waals surface area contributed by atoms with Crippen LogP contribution >= 0.6 is 0 Å². The number of hydrogen-bond acceptors (Lipinski definition) is 28. The summed E-state index contributed by atoms with van der Waals surface area (Å²) in [5, 5.41) is 119. The van der Waals surface area contributed by atoms with Crippen molar-refractivity contribution in [2.75, 3.05) is 119 Å². The van der Waals surface area contributed by atoms with Gasteiger partial charge in [-0.15, -0.1) is 0 Å². The van der Waals surface area contributed by atoms with E-state index >= 15 is 0 Å². The number of nitrogens with one attached hydrogen (secondary N) is 10. The SMILES string of the molecule is CC(=O)NC1C(OCCCCC(=O)NCCCNC(=O)CCOCC(COCCC(=O)NCCCNC(=O)CCCCOC2OC(CO)C(O)C(O)C2NC(C)=O)(COCCC(=O)NCCCNC(=O)CCCCOC2OC(CO)C(O)C(O)C2NC(C)=O)NC(=O)C2CCC(OC(C)(C)C)CC2)CC(CO)C(O)C1O. The van der Waals surface area contributed by atoms with E-state index in [1.165, 1.54) is 20.8 Å². The van der Waals surface area contributed by atoms with Crippen LogP contribution in [0.2, 0.25) is 0 Å². The zero-order valence-corrected chi connectivity index (χ0v) is 65.5. The highest BCUT2D eigenvalue weighted by Gasteiger charge is 2.48. The summed E-state index contributed by atoms with van der Waals surface area (Å²) in [7, 11) is 0. The summed E-state index contributed by atoms with van der Waals surface area (Å²) in [5.41, 5.74) is -1.81. The van der Waals surface area contributed by atoms with E-state index in [1.807, 2.05) is 20.8 Å². The summed E-state index contributed by atoms with van der Waals surface area (Å²) in [6, 6.07) is -3.05. The average Bonchev–Trinajstić information content (AvgIpc) is 0.819. The summed E-state index contributed by atoms with van der Waals surface area (Å²) in [4.78, 5) is 127. The van der Waals surface area contributed by atoms with Crippen molar-refractivity contribution in [1.82, 2.24) is 53.2 Å². The molecule has 0 spiro atoms. The maximum Gasteiger partial charge on any atom is 0.223 e. The van der Waals surface area contributed by atoms with E-state index in [9.17, 15) is 93.9 Å². The van der Waals surface area contributed by atoms with Gasteiger partial charge in [0.2, 0.25) is 59.1 Å². The van der Waals surface area contributed by atoms with Crippen LogP contribution in [0.5, 0.6) is 0 Å². The molecule has 4 aliphatic rings. The van der Waals surface area contributed by atoms with Gasteiger partial charge in [-0.05, 0) is 111 Å². The molecule has 10 amide bonds. The molecule has 19 N–H and O–H groups in total. The molecule has 0 aromatic heterocycles. The van der Waals surface area contributed by atoms with Crippen LogP contribution in [0.3, 0.4) is 0 Å². The maximum absolute atomic E-state index is 14.4. The molecular weight excluding hydrogens is 1460 g/mol. The Kier molecular flexibility index (Phi) is 46.6. The van der Waals surface area contributed by atoms with Crippen LogP contribution in [0.25, 0.3) is 0 Å². The quantitative estimate of drug-likeness (QED) is 0.0255. The molecule has 38 heteroatoms. The van der Waals surface area contributed by atoms with Crippen LogP contribution in [-0.2, 0) is 90.6 Å². The lowest BCUT2D eigenvalue weighted by atomic mass is 9.79. The molecule has 15 atom stereocenters. The second kappa shape index (κ2) is 53.2. The Labute approximate surface area is 649 Å². The van der Waals surface area contributed by atoms with Crippen molar-refractivity contribution in [3.8, 4) is 0 Å². The summed E-state index contributed by atoms with van der Waals surface area (Å²) in [6.07, 6.45) is -7.17. The van der Waals surface area contributed by atoms with Gasteiger partial charge in [0.15, 0.2) is 12.6 Å². The molecule has 640 valence electrons. The predicted octanol–water partition coefficient (Wildman–Crippen LogP) is -4.64. The van der Waals surface area contributed by atoms with Gasteiger partial charge < -0.3 is 142 Å². The molecule has 4 rings (SSSR count). The van der Waals surface area contributed by atoms with E-state index < -0.39 is 140 Å². The van der Waals surface area contributed by atoms with E-state index in [4.69, 9.17) is 42.6 Å². The summed E-state index contributed by atoms with van der Waals surface area (Å²) in [6.45, 7) is 8.91. The van der Waals surface area contributed by atoms with Crippen LogP contribution in [0.4, 0.5) is 0 Å². The first-order valence-corrected chi connectivity index (χ1v) is 39.1. The molecule has 2 saturated carbocycles. The third-order valence-corrected chi connectivity index (χ3v) is 19.0. The van der Waals surface area contributed by atoms with E-state index in [0.29, 0.717) is 83.5 Å². The van der Waals surface area contributed by atoms with E-state index in [2.05, 4.69) is 53.2 Å². The smallest absolute Gasteiger partial charge is 0.223 e. The van der Waals surface area contributed by atoms with Crippen molar-refractivity contribution in [2.45, 2.75) is 273 Å². The summed E-state index contributed by atoms with van der Waals surface area (Å²) >= 11 is 0. The largest absolute Gasteiger partial charge is 0.396 e. The number of carbonyl (C=O) groups is 10. The number of rotatable bonds is 54. The summed E-state index contributed by atoms with van der Waals surface area (Å²) < 4.78 is 53.2. The fraction of sp³-hybridized carbons (Fsp3) is 0.863.